The number of aliphatic hydroxyl groups excluding tert-OH is 2. The summed E-state index contributed by atoms with van der Waals surface area (Å²) in [6, 6.07) is 22.3. The molecule has 4 amide bonds. The highest BCUT2D eigenvalue weighted by molar-refractivity contribution is 5.86. The third-order valence-electron chi connectivity index (χ3n) is 15.4. The van der Waals surface area contributed by atoms with E-state index < -0.39 is 78.3 Å². The zero-order valence-corrected chi connectivity index (χ0v) is 47.3. The first kappa shape index (κ1) is 60.1. The molecule has 0 bridgehead atoms. The quantitative estimate of drug-likeness (QED) is 0.0625. The number of benzene rings is 2. The van der Waals surface area contributed by atoms with Gasteiger partial charge >= 0.3 is 6.09 Å². The zero-order chi connectivity index (χ0) is 58.1. The van der Waals surface area contributed by atoms with Crippen molar-refractivity contribution in [3.63, 3.8) is 0 Å². The van der Waals surface area contributed by atoms with Gasteiger partial charge in [-0.05, 0) is 97.2 Å². The van der Waals surface area contributed by atoms with E-state index in [2.05, 4.69) is 35.7 Å². The number of nitrogens with zero attached hydrogens (tertiary/aromatic N) is 6. The third kappa shape index (κ3) is 14.7. The van der Waals surface area contributed by atoms with Gasteiger partial charge in [0.05, 0.1) is 23.2 Å². The molecule has 0 aliphatic carbocycles. The molecule has 0 unspecified atom stereocenters. The van der Waals surface area contributed by atoms with Crippen LogP contribution in [-0.4, -0.2) is 172 Å². The summed E-state index contributed by atoms with van der Waals surface area (Å²) >= 11 is 0. The lowest BCUT2D eigenvalue weighted by Crippen LogP contribution is -2.64. The van der Waals surface area contributed by atoms with E-state index in [1.54, 1.807) is 51.6 Å². The van der Waals surface area contributed by atoms with Crippen LogP contribution in [0.15, 0.2) is 112 Å². The molecule has 0 radical (unpaired) electrons. The van der Waals surface area contributed by atoms with Gasteiger partial charge in [-0.25, -0.2) is 13.6 Å². The predicted molar refractivity (Wildman–Crippen MR) is 300 cm³/mol. The summed E-state index contributed by atoms with van der Waals surface area (Å²) in [5.74, 6) is 0.440. The van der Waals surface area contributed by atoms with Crippen LogP contribution in [0.1, 0.15) is 83.6 Å². The molecule has 5 N–H and O–H groups in total. The molecule has 3 aliphatic heterocycles. The highest BCUT2D eigenvalue weighted by Gasteiger charge is 2.44. The van der Waals surface area contributed by atoms with E-state index in [1.165, 1.54) is 4.90 Å². The lowest BCUT2D eigenvalue weighted by atomic mass is 9.90. The van der Waals surface area contributed by atoms with Crippen LogP contribution in [0, 0.1) is 5.92 Å². The summed E-state index contributed by atoms with van der Waals surface area (Å²) in [4.78, 5) is 68.9. The minimum atomic E-state index is -0.958. The fourth-order valence-electron chi connectivity index (χ4n) is 10.8. The van der Waals surface area contributed by atoms with Crippen molar-refractivity contribution in [2.75, 3.05) is 78.9 Å². The van der Waals surface area contributed by atoms with Crippen LogP contribution in [0.3, 0.4) is 0 Å². The SMILES string of the molecule is CC(C)(C)OC(=O)N1CCN(C(C)(C)c2cc3cnccc3o2)C[C@H]1C(=O)NCCF.CC(C)(c1cc2cnccc2o1)N1CCN(C[C@@H](O)C[C@@H](Cc2ccccc2)C(=O)N[C@H]2c3ccccc3OC[C@H]2O)[C@H](C(=O)NCCF)C1. The number of carbonyl (C=O) groups excluding carboxylic acids is 4. The molecule has 4 aromatic heterocycles. The fourth-order valence-corrected chi connectivity index (χ4v) is 10.8. The molecular formula is C60H77F2N9O10. The van der Waals surface area contributed by atoms with Crippen LogP contribution in [0.4, 0.5) is 13.6 Å². The Bertz CT molecular complexity index is 3010. The van der Waals surface area contributed by atoms with Crippen LogP contribution in [0.2, 0.25) is 0 Å². The monoisotopic (exact) mass is 1120 g/mol. The Morgan fingerprint density at radius 1 is 0.741 bits per heavy atom. The van der Waals surface area contributed by atoms with Crippen molar-refractivity contribution < 1.29 is 56.5 Å². The van der Waals surface area contributed by atoms with Crippen molar-refractivity contribution in [1.82, 2.24) is 45.5 Å². The molecule has 81 heavy (non-hydrogen) atoms. The Kier molecular flexibility index (Phi) is 19.5. The van der Waals surface area contributed by atoms with Gasteiger partial charge in [0, 0.05) is 106 Å². The van der Waals surface area contributed by atoms with E-state index in [4.69, 9.17) is 18.3 Å². The Labute approximate surface area is 471 Å². The van der Waals surface area contributed by atoms with Crippen LogP contribution >= 0.6 is 0 Å². The van der Waals surface area contributed by atoms with Gasteiger partial charge in [0.25, 0.3) is 0 Å². The zero-order valence-electron chi connectivity index (χ0n) is 47.3. The number of β-amino-alcohol motifs (C(OH)–C–C–N with tert-alkyl or cyclic N) is 1. The molecule has 3 aliphatic rings. The summed E-state index contributed by atoms with van der Waals surface area (Å²) in [5, 5.41) is 32.4. The number of pyridine rings is 2. The first-order chi connectivity index (χ1) is 38.7. The Morgan fingerprint density at radius 3 is 1.88 bits per heavy atom. The molecule has 0 saturated carbocycles. The highest BCUT2D eigenvalue weighted by atomic mass is 19.1. The molecule has 21 heteroatoms. The molecule has 436 valence electrons. The van der Waals surface area contributed by atoms with Crippen LogP contribution in [0.5, 0.6) is 5.75 Å². The lowest BCUT2D eigenvalue weighted by Gasteiger charge is -2.47. The molecule has 19 nitrogen and oxygen atoms in total. The Morgan fingerprint density at radius 2 is 1.30 bits per heavy atom. The number of piperazine rings is 2. The van der Waals surface area contributed by atoms with Gasteiger partial charge in [0.1, 0.15) is 72.2 Å². The molecule has 2 saturated heterocycles. The second kappa shape index (κ2) is 26.3. The average molecular weight is 1120 g/mol. The van der Waals surface area contributed by atoms with E-state index >= 15 is 0 Å². The minimum absolute atomic E-state index is 0.0517. The van der Waals surface area contributed by atoms with Gasteiger partial charge < -0.3 is 44.5 Å². The smallest absolute Gasteiger partial charge is 0.411 e. The Balaban J connectivity index is 0.000000238. The van der Waals surface area contributed by atoms with Crippen LogP contribution in [-0.2, 0) is 36.6 Å². The number of amides is 4. The van der Waals surface area contributed by atoms with Gasteiger partial charge in [-0.2, -0.15) is 0 Å². The van der Waals surface area contributed by atoms with E-state index in [-0.39, 0.29) is 51.0 Å². The first-order valence-electron chi connectivity index (χ1n) is 27.7. The third-order valence-corrected chi connectivity index (χ3v) is 15.4. The number of nitrogens with one attached hydrogen (secondary N) is 3. The fraction of sp³-hybridized carbons (Fsp3) is 0.500. The maximum absolute atomic E-state index is 13.9. The molecule has 0 spiro atoms. The standard InChI is InChI=1S/C38H46FN5O6.C22H31FN4O4/c1-38(2,34-20-27-21-40-14-12-32(27)50-34)44-17-16-43(30(23-44)37(48)41-15-13-39)22-28(45)19-26(18-25-8-4-3-5-9-25)36(47)42-35-29-10-6-7-11-33(29)49-24-31(35)46;1-21(2,3)31-20(29)27-11-10-26(14-16(27)19(28)25-9-7-23)22(4,5)18-12-15-13-24-8-6-17(15)30-18/h3-12,14,20-21,26,28,30-31,35,45-46H,13,15-19,22-24H2,1-2H3,(H,41,48)(H,42,47);6,8,12-13,16H,7,9-11,14H2,1-5H3,(H,25,28)/t26-,28+,30+,31-,35+;16-/m10/s1. The maximum atomic E-state index is 13.9. The topological polar surface area (TPSA) is 228 Å². The van der Waals surface area contributed by atoms with Gasteiger partial charge in [-0.1, -0.05) is 48.5 Å². The van der Waals surface area contributed by atoms with Crippen LogP contribution in [0.25, 0.3) is 21.9 Å². The number of aromatic nitrogens is 2. The van der Waals surface area contributed by atoms with Gasteiger partial charge in [-0.15, -0.1) is 0 Å². The van der Waals surface area contributed by atoms with E-state index in [1.807, 2.05) is 105 Å². The largest absolute Gasteiger partial charge is 0.490 e. The van der Waals surface area contributed by atoms with E-state index in [0.717, 1.165) is 39.0 Å². The number of rotatable bonds is 18. The average Bonchev–Trinajstić information content (AvgIpc) is 4.21. The van der Waals surface area contributed by atoms with Crippen LogP contribution < -0.4 is 20.7 Å². The first-order valence-corrected chi connectivity index (χ1v) is 27.7. The van der Waals surface area contributed by atoms with Crippen molar-refractivity contribution in [2.24, 2.45) is 5.92 Å². The predicted octanol–water partition coefficient (Wildman–Crippen LogP) is 6.43. The molecule has 9 rings (SSSR count). The number of alkyl halides is 2. The second-order valence-corrected chi connectivity index (χ2v) is 22.9. The molecular weight excluding hydrogens is 1040 g/mol. The number of hydrogen-bond acceptors (Lipinski definition) is 15. The number of para-hydroxylation sites is 1. The van der Waals surface area contributed by atoms with Gasteiger partial charge in [0.2, 0.25) is 17.7 Å². The van der Waals surface area contributed by atoms with Crippen molar-refractivity contribution in [3.8, 4) is 5.75 Å². The van der Waals surface area contributed by atoms with E-state index in [0.29, 0.717) is 50.5 Å². The second-order valence-electron chi connectivity index (χ2n) is 22.9. The number of hydrogen-bond donors (Lipinski definition) is 5. The molecule has 6 atom stereocenters. The maximum Gasteiger partial charge on any atom is 0.411 e. The summed E-state index contributed by atoms with van der Waals surface area (Å²) in [6.07, 6.45) is 4.90. The van der Waals surface area contributed by atoms with E-state index in [9.17, 15) is 38.2 Å². The summed E-state index contributed by atoms with van der Waals surface area (Å²) in [6.45, 7) is 14.5. The molecule has 6 aromatic rings. The number of furan rings is 2. The lowest BCUT2D eigenvalue weighted by molar-refractivity contribution is -0.133. The van der Waals surface area contributed by atoms with Crippen molar-refractivity contribution >= 4 is 45.8 Å². The number of ether oxygens (including phenoxy) is 2. The van der Waals surface area contributed by atoms with Crippen molar-refractivity contribution in [3.05, 3.63) is 126 Å². The summed E-state index contributed by atoms with van der Waals surface area (Å²) in [5.41, 5.74) is 1.30. The van der Waals surface area contributed by atoms with Crippen molar-refractivity contribution in [2.45, 2.75) is 108 Å². The molecule has 7 heterocycles. The molecule has 2 aromatic carbocycles. The minimum Gasteiger partial charge on any atom is -0.490 e. The summed E-state index contributed by atoms with van der Waals surface area (Å²) in [7, 11) is 0. The van der Waals surface area contributed by atoms with Gasteiger partial charge in [0.15, 0.2) is 0 Å². The highest BCUT2D eigenvalue weighted by Crippen LogP contribution is 2.37. The Hall–Kier alpha value is -7.04. The number of halogens is 2. The number of aliphatic hydroxyl groups is 2. The molecule has 2 fully saturated rings. The normalized spacial score (nSPS) is 20.1. The number of fused-ring (bicyclic) bond motifs is 3. The van der Waals surface area contributed by atoms with Crippen molar-refractivity contribution in [1.29, 1.82) is 0 Å². The summed E-state index contributed by atoms with van der Waals surface area (Å²) < 4.78 is 49.2. The number of carbonyl (C=O) groups is 4. The van der Waals surface area contributed by atoms with Gasteiger partial charge in [-0.3, -0.25) is 44.0 Å².